The van der Waals surface area contributed by atoms with Crippen molar-refractivity contribution in [2.75, 3.05) is 39.4 Å². The van der Waals surface area contributed by atoms with Crippen LogP contribution in [0.5, 0.6) is 0 Å². The first kappa shape index (κ1) is 16.8. The van der Waals surface area contributed by atoms with Crippen LogP contribution in [0.2, 0.25) is 0 Å². The Balaban J connectivity index is 1.88. The van der Waals surface area contributed by atoms with Crippen LogP contribution >= 0.6 is 0 Å². The van der Waals surface area contributed by atoms with Crippen molar-refractivity contribution < 1.29 is 9.15 Å². The standard InChI is InChI=1S/C16H28N4O2/c1-4-17-15(18-12-14-6-5-9-22-14)19-13-16(2,3)20-7-10-21-11-8-20/h5-6,9H,4,7-8,10-13H2,1-3H3,(H2,17,18,19). The van der Waals surface area contributed by atoms with Gasteiger partial charge < -0.3 is 19.8 Å². The van der Waals surface area contributed by atoms with Crippen LogP contribution in [0.1, 0.15) is 26.5 Å². The quantitative estimate of drug-likeness (QED) is 0.615. The van der Waals surface area contributed by atoms with Gasteiger partial charge in [-0.1, -0.05) is 0 Å². The fourth-order valence-electron chi connectivity index (χ4n) is 2.48. The predicted molar refractivity (Wildman–Crippen MR) is 88.0 cm³/mol. The molecular formula is C16H28N4O2. The van der Waals surface area contributed by atoms with Crippen molar-refractivity contribution in [3.05, 3.63) is 24.2 Å². The highest BCUT2D eigenvalue weighted by Crippen LogP contribution is 2.15. The van der Waals surface area contributed by atoms with Crippen LogP contribution in [0.15, 0.2) is 27.8 Å². The molecule has 1 aromatic rings. The molecule has 0 amide bonds. The second-order valence-electron chi connectivity index (χ2n) is 6.04. The largest absolute Gasteiger partial charge is 0.467 e. The molecule has 1 saturated heterocycles. The number of hydrogen-bond acceptors (Lipinski definition) is 4. The normalized spacial score (nSPS) is 17.5. The van der Waals surface area contributed by atoms with E-state index < -0.39 is 0 Å². The third kappa shape index (κ3) is 5.03. The molecule has 124 valence electrons. The number of aliphatic imine (C=N–C) groups is 1. The Hall–Kier alpha value is -1.53. The van der Waals surface area contributed by atoms with E-state index >= 15 is 0 Å². The number of furan rings is 1. The van der Waals surface area contributed by atoms with E-state index in [0.717, 1.165) is 51.1 Å². The molecule has 2 N–H and O–H groups in total. The Morgan fingerprint density at radius 1 is 1.32 bits per heavy atom. The van der Waals surface area contributed by atoms with Gasteiger partial charge in [0.1, 0.15) is 12.3 Å². The predicted octanol–water partition coefficient (Wildman–Crippen LogP) is 1.45. The topological polar surface area (TPSA) is 62.0 Å². The Labute approximate surface area is 132 Å². The Kier molecular flexibility index (Phi) is 6.27. The fraction of sp³-hybridized carbons (Fsp3) is 0.688. The molecule has 0 radical (unpaired) electrons. The average Bonchev–Trinajstić information content (AvgIpc) is 3.04. The van der Waals surface area contributed by atoms with Gasteiger partial charge in [0, 0.05) is 31.7 Å². The summed E-state index contributed by atoms with van der Waals surface area (Å²) >= 11 is 0. The molecule has 1 aliphatic heterocycles. The first-order valence-electron chi connectivity index (χ1n) is 7.99. The summed E-state index contributed by atoms with van der Waals surface area (Å²) < 4.78 is 10.7. The van der Waals surface area contributed by atoms with Gasteiger partial charge in [-0.3, -0.25) is 4.90 Å². The van der Waals surface area contributed by atoms with Crippen LogP contribution < -0.4 is 10.6 Å². The van der Waals surface area contributed by atoms with Crippen molar-refractivity contribution in [1.82, 2.24) is 15.5 Å². The van der Waals surface area contributed by atoms with Gasteiger partial charge in [-0.15, -0.1) is 0 Å². The first-order valence-corrected chi connectivity index (χ1v) is 7.99. The van der Waals surface area contributed by atoms with Gasteiger partial charge in [0.15, 0.2) is 5.96 Å². The molecule has 1 fully saturated rings. The van der Waals surface area contributed by atoms with Gasteiger partial charge >= 0.3 is 0 Å². The zero-order valence-corrected chi connectivity index (χ0v) is 13.9. The maximum Gasteiger partial charge on any atom is 0.191 e. The molecule has 2 heterocycles. The molecular weight excluding hydrogens is 280 g/mol. The van der Waals surface area contributed by atoms with Crippen molar-refractivity contribution in [2.45, 2.75) is 32.9 Å². The highest BCUT2D eigenvalue weighted by atomic mass is 16.5. The molecule has 6 heteroatoms. The van der Waals surface area contributed by atoms with Crippen LogP contribution in [0.4, 0.5) is 0 Å². The van der Waals surface area contributed by atoms with Crippen molar-refractivity contribution in [2.24, 2.45) is 4.99 Å². The Bertz CT molecular complexity index is 451. The second-order valence-corrected chi connectivity index (χ2v) is 6.04. The van der Waals surface area contributed by atoms with E-state index in [0.29, 0.717) is 6.54 Å². The highest BCUT2D eigenvalue weighted by Gasteiger charge is 2.28. The minimum Gasteiger partial charge on any atom is -0.467 e. The minimum absolute atomic E-state index is 0.0602. The van der Waals surface area contributed by atoms with Crippen LogP contribution in [-0.2, 0) is 11.3 Å². The summed E-state index contributed by atoms with van der Waals surface area (Å²) in [7, 11) is 0. The van der Waals surface area contributed by atoms with E-state index in [9.17, 15) is 0 Å². The molecule has 0 saturated carbocycles. The summed E-state index contributed by atoms with van der Waals surface area (Å²) in [6.45, 7) is 12.4. The molecule has 1 aromatic heterocycles. The third-order valence-electron chi connectivity index (χ3n) is 3.87. The van der Waals surface area contributed by atoms with E-state index in [1.807, 2.05) is 12.1 Å². The van der Waals surface area contributed by atoms with Gasteiger partial charge in [-0.05, 0) is 32.9 Å². The number of guanidine groups is 1. The smallest absolute Gasteiger partial charge is 0.191 e. The van der Waals surface area contributed by atoms with E-state index in [2.05, 4.69) is 41.3 Å². The maximum atomic E-state index is 5.43. The van der Waals surface area contributed by atoms with Gasteiger partial charge in [0.2, 0.25) is 0 Å². The van der Waals surface area contributed by atoms with E-state index in [1.54, 1.807) is 6.26 Å². The van der Waals surface area contributed by atoms with E-state index in [-0.39, 0.29) is 5.54 Å². The monoisotopic (exact) mass is 308 g/mol. The molecule has 0 bridgehead atoms. The van der Waals surface area contributed by atoms with Gasteiger partial charge in [0.05, 0.1) is 19.5 Å². The summed E-state index contributed by atoms with van der Waals surface area (Å²) in [5.41, 5.74) is 0.0602. The number of ether oxygens (including phenoxy) is 1. The lowest BCUT2D eigenvalue weighted by molar-refractivity contribution is -0.00834. The molecule has 0 atom stereocenters. The van der Waals surface area contributed by atoms with Crippen LogP contribution in [0, 0.1) is 0 Å². The fourth-order valence-corrected chi connectivity index (χ4v) is 2.48. The number of hydrogen-bond donors (Lipinski definition) is 2. The highest BCUT2D eigenvalue weighted by molar-refractivity contribution is 5.79. The van der Waals surface area contributed by atoms with E-state index in [1.165, 1.54) is 0 Å². The SMILES string of the molecule is CCNC(=NCc1ccco1)NCC(C)(C)N1CCOCC1. The number of morpholine rings is 1. The van der Waals surface area contributed by atoms with Crippen LogP contribution in [0.25, 0.3) is 0 Å². The molecule has 6 nitrogen and oxygen atoms in total. The third-order valence-corrected chi connectivity index (χ3v) is 3.87. The van der Waals surface area contributed by atoms with E-state index in [4.69, 9.17) is 9.15 Å². The summed E-state index contributed by atoms with van der Waals surface area (Å²) in [5.74, 6) is 1.69. The first-order chi connectivity index (χ1) is 10.6. The Morgan fingerprint density at radius 3 is 2.73 bits per heavy atom. The van der Waals surface area contributed by atoms with Gasteiger partial charge in [0.25, 0.3) is 0 Å². The lowest BCUT2D eigenvalue weighted by Crippen LogP contribution is -2.56. The Morgan fingerprint density at radius 2 is 2.09 bits per heavy atom. The molecule has 2 rings (SSSR count). The second kappa shape index (κ2) is 8.19. The van der Waals surface area contributed by atoms with Crippen molar-refractivity contribution >= 4 is 5.96 Å². The molecule has 0 unspecified atom stereocenters. The molecule has 1 aliphatic rings. The molecule has 0 spiro atoms. The van der Waals surface area contributed by atoms with Gasteiger partial charge in [-0.2, -0.15) is 0 Å². The van der Waals surface area contributed by atoms with Crippen molar-refractivity contribution in [1.29, 1.82) is 0 Å². The summed E-state index contributed by atoms with van der Waals surface area (Å²) in [6, 6.07) is 3.82. The van der Waals surface area contributed by atoms with Crippen molar-refractivity contribution in [3.63, 3.8) is 0 Å². The summed E-state index contributed by atoms with van der Waals surface area (Å²) in [4.78, 5) is 7.02. The number of nitrogens with zero attached hydrogens (tertiary/aromatic N) is 2. The molecule has 0 aliphatic carbocycles. The molecule has 0 aromatic carbocycles. The number of nitrogens with one attached hydrogen (secondary N) is 2. The average molecular weight is 308 g/mol. The number of rotatable bonds is 6. The minimum atomic E-state index is 0.0602. The summed E-state index contributed by atoms with van der Waals surface area (Å²) in [6.07, 6.45) is 1.67. The van der Waals surface area contributed by atoms with Gasteiger partial charge in [-0.25, -0.2) is 4.99 Å². The zero-order valence-electron chi connectivity index (χ0n) is 13.9. The lowest BCUT2D eigenvalue weighted by Gasteiger charge is -2.41. The van der Waals surface area contributed by atoms with Crippen molar-refractivity contribution in [3.8, 4) is 0 Å². The van der Waals surface area contributed by atoms with Crippen LogP contribution in [0.3, 0.4) is 0 Å². The van der Waals surface area contributed by atoms with Crippen LogP contribution in [-0.4, -0.2) is 55.8 Å². The zero-order chi connectivity index (χ0) is 15.8. The lowest BCUT2D eigenvalue weighted by atomic mass is 10.0. The summed E-state index contributed by atoms with van der Waals surface area (Å²) in [5, 5.41) is 6.71. The molecule has 22 heavy (non-hydrogen) atoms. The maximum absolute atomic E-state index is 5.43.